The summed E-state index contributed by atoms with van der Waals surface area (Å²) in [5.41, 5.74) is -0.0970. The van der Waals surface area contributed by atoms with E-state index in [9.17, 15) is 24.6 Å². The fraction of sp³-hybridized carbons (Fsp3) is 0.278. The van der Waals surface area contributed by atoms with Crippen molar-refractivity contribution in [1.82, 2.24) is 0 Å². The van der Waals surface area contributed by atoms with Gasteiger partial charge in [-0.05, 0) is 24.6 Å². The lowest BCUT2D eigenvalue weighted by Crippen LogP contribution is -2.06. The average molecular weight is 346 g/mol. The van der Waals surface area contributed by atoms with Gasteiger partial charge in [0.25, 0.3) is 0 Å². The SMILES string of the molecule is CCCC(=O)c1cc(O)c2c(OC(C)=O)ccc(OC(C)=O)c2c1O. The fourth-order valence-electron chi connectivity index (χ4n) is 2.52. The van der Waals surface area contributed by atoms with E-state index in [0.717, 1.165) is 6.07 Å². The molecule has 0 bridgehead atoms. The van der Waals surface area contributed by atoms with Crippen LogP contribution in [0.15, 0.2) is 18.2 Å². The predicted octanol–water partition coefficient (Wildman–Crippen LogP) is 3.08. The summed E-state index contributed by atoms with van der Waals surface area (Å²) in [7, 11) is 0. The first-order valence-electron chi connectivity index (χ1n) is 7.67. The van der Waals surface area contributed by atoms with E-state index in [1.807, 2.05) is 0 Å². The molecule has 132 valence electrons. The average Bonchev–Trinajstić information content (AvgIpc) is 2.51. The number of carbonyl (C=O) groups is 3. The quantitative estimate of drug-likeness (QED) is 0.370. The molecule has 0 aromatic heterocycles. The Bertz CT molecular complexity index is 868. The molecule has 0 aliphatic heterocycles. The van der Waals surface area contributed by atoms with E-state index in [1.54, 1.807) is 6.92 Å². The predicted molar refractivity (Wildman–Crippen MR) is 89.1 cm³/mol. The van der Waals surface area contributed by atoms with Crippen molar-refractivity contribution >= 4 is 28.5 Å². The van der Waals surface area contributed by atoms with Crippen LogP contribution in [0.2, 0.25) is 0 Å². The highest BCUT2D eigenvalue weighted by molar-refractivity contribution is 6.10. The molecule has 0 unspecified atom stereocenters. The molecule has 0 atom stereocenters. The summed E-state index contributed by atoms with van der Waals surface area (Å²) in [4.78, 5) is 34.8. The lowest BCUT2D eigenvalue weighted by Gasteiger charge is -2.15. The van der Waals surface area contributed by atoms with Crippen LogP contribution in [0.5, 0.6) is 23.0 Å². The van der Waals surface area contributed by atoms with Gasteiger partial charge in [-0.25, -0.2) is 0 Å². The molecule has 0 fully saturated rings. The van der Waals surface area contributed by atoms with E-state index < -0.39 is 17.7 Å². The minimum absolute atomic E-state index is 0.0271. The number of rotatable bonds is 5. The van der Waals surface area contributed by atoms with Gasteiger partial charge in [0.1, 0.15) is 23.0 Å². The summed E-state index contributed by atoms with van der Waals surface area (Å²) in [5, 5.41) is 20.8. The van der Waals surface area contributed by atoms with Gasteiger partial charge in [0.2, 0.25) is 0 Å². The van der Waals surface area contributed by atoms with Gasteiger partial charge >= 0.3 is 11.9 Å². The van der Waals surface area contributed by atoms with Gasteiger partial charge in [-0.15, -0.1) is 0 Å². The van der Waals surface area contributed by atoms with Crippen molar-refractivity contribution in [2.75, 3.05) is 0 Å². The first kappa shape index (κ1) is 18.3. The number of carbonyl (C=O) groups excluding carboxylic acids is 3. The number of hydrogen-bond donors (Lipinski definition) is 2. The zero-order chi connectivity index (χ0) is 18.7. The van der Waals surface area contributed by atoms with Crippen LogP contribution in [0.1, 0.15) is 44.0 Å². The van der Waals surface area contributed by atoms with E-state index >= 15 is 0 Å². The maximum atomic E-state index is 12.2. The van der Waals surface area contributed by atoms with Crippen LogP contribution in [0, 0.1) is 0 Å². The molecule has 0 radical (unpaired) electrons. The minimum atomic E-state index is -0.647. The number of phenolic OH excluding ortho intramolecular Hbond substituents is 2. The molecule has 2 aromatic carbocycles. The molecule has 25 heavy (non-hydrogen) atoms. The molecule has 0 saturated carbocycles. The summed E-state index contributed by atoms with van der Waals surface area (Å²) in [6.45, 7) is 4.16. The Labute approximate surface area is 143 Å². The second kappa shape index (κ2) is 7.21. The highest BCUT2D eigenvalue weighted by Gasteiger charge is 2.23. The molecule has 0 aliphatic carbocycles. The Balaban J connectivity index is 2.84. The molecule has 2 rings (SSSR count). The summed E-state index contributed by atoms with van der Waals surface area (Å²) < 4.78 is 10.1. The van der Waals surface area contributed by atoms with Crippen LogP contribution in [-0.4, -0.2) is 27.9 Å². The number of benzene rings is 2. The zero-order valence-electron chi connectivity index (χ0n) is 14.1. The number of Topliss-reactive ketones (excluding diaryl/α,β-unsaturated/α-hetero) is 1. The summed E-state index contributed by atoms with van der Waals surface area (Å²) in [6, 6.07) is 3.75. The van der Waals surface area contributed by atoms with Crippen molar-refractivity contribution in [2.24, 2.45) is 0 Å². The van der Waals surface area contributed by atoms with E-state index in [0.29, 0.717) is 6.42 Å². The van der Waals surface area contributed by atoms with Crippen molar-refractivity contribution in [3.63, 3.8) is 0 Å². The molecule has 0 saturated heterocycles. The van der Waals surface area contributed by atoms with Gasteiger partial charge in [0.05, 0.1) is 16.3 Å². The molecule has 2 aromatic rings. The number of ether oxygens (including phenoxy) is 2. The second-order valence-corrected chi connectivity index (χ2v) is 5.46. The van der Waals surface area contributed by atoms with E-state index in [4.69, 9.17) is 9.47 Å². The molecule has 0 aliphatic rings. The number of ketones is 1. The maximum absolute atomic E-state index is 12.2. The molecular weight excluding hydrogens is 328 g/mol. The molecule has 2 N–H and O–H groups in total. The summed E-state index contributed by atoms with van der Waals surface area (Å²) in [6.07, 6.45) is 0.729. The first-order chi connectivity index (χ1) is 11.8. The van der Waals surface area contributed by atoms with Crippen molar-refractivity contribution in [3.8, 4) is 23.0 Å². The van der Waals surface area contributed by atoms with Crippen molar-refractivity contribution in [3.05, 3.63) is 23.8 Å². The van der Waals surface area contributed by atoms with Crippen molar-refractivity contribution in [1.29, 1.82) is 0 Å². The fourth-order valence-corrected chi connectivity index (χ4v) is 2.52. The normalized spacial score (nSPS) is 10.5. The van der Waals surface area contributed by atoms with Crippen LogP contribution in [-0.2, 0) is 9.59 Å². The maximum Gasteiger partial charge on any atom is 0.308 e. The standard InChI is InChI=1S/C18H18O7/c1-4-5-12(21)11-8-13(22)16-14(24-9(2)19)6-7-15(25-10(3)20)17(16)18(11)23/h6-8,22-23H,4-5H2,1-3H3. The lowest BCUT2D eigenvalue weighted by atomic mass is 9.98. The highest BCUT2D eigenvalue weighted by atomic mass is 16.5. The molecule has 7 heteroatoms. The van der Waals surface area contributed by atoms with Gasteiger partial charge in [0.15, 0.2) is 5.78 Å². The number of aromatic hydroxyl groups is 2. The van der Waals surface area contributed by atoms with E-state index in [-0.39, 0.29) is 45.8 Å². The lowest BCUT2D eigenvalue weighted by molar-refractivity contribution is -0.132. The topological polar surface area (TPSA) is 110 Å². The minimum Gasteiger partial charge on any atom is -0.507 e. The Morgan fingerprint density at radius 3 is 1.96 bits per heavy atom. The molecule has 0 amide bonds. The smallest absolute Gasteiger partial charge is 0.308 e. The Kier molecular flexibility index (Phi) is 5.26. The van der Waals surface area contributed by atoms with Gasteiger partial charge in [-0.2, -0.15) is 0 Å². The third kappa shape index (κ3) is 3.71. The molecular formula is C18H18O7. The van der Waals surface area contributed by atoms with Gasteiger partial charge < -0.3 is 19.7 Å². The summed E-state index contributed by atoms with van der Waals surface area (Å²) in [5.74, 6) is -2.56. The largest absolute Gasteiger partial charge is 0.507 e. The van der Waals surface area contributed by atoms with Crippen LogP contribution >= 0.6 is 0 Å². The van der Waals surface area contributed by atoms with E-state index in [1.165, 1.54) is 26.0 Å². The molecule has 0 heterocycles. The Hall–Kier alpha value is -3.09. The van der Waals surface area contributed by atoms with Gasteiger partial charge in [-0.1, -0.05) is 6.92 Å². The van der Waals surface area contributed by atoms with Crippen molar-refractivity contribution < 1.29 is 34.1 Å². The zero-order valence-corrected chi connectivity index (χ0v) is 14.1. The van der Waals surface area contributed by atoms with Crippen LogP contribution in [0.4, 0.5) is 0 Å². The molecule has 0 spiro atoms. The van der Waals surface area contributed by atoms with Crippen LogP contribution in [0.25, 0.3) is 10.8 Å². The summed E-state index contributed by atoms with van der Waals surface area (Å²) >= 11 is 0. The van der Waals surface area contributed by atoms with Crippen molar-refractivity contribution in [2.45, 2.75) is 33.6 Å². The third-order valence-corrected chi connectivity index (χ3v) is 3.44. The van der Waals surface area contributed by atoms with E-state index in [2.05, 4.69) is 0 Å². The highest BCUT2D eigenvalue weighted by Crippen LogP contribution is 2.46. The number of esters is 2. The Morgan fingerprint density at radius 2 is 1.48 bits per heavy atom. The number of hydrogen-bond acceptors (Lipinski definition) is 7. The van der Waals surface area contributed by atoms with Gasteiger partial charge in [0, 0.05) is 20.3 Å². The molecule has 7 nitrogen and oxygen atoms in total. The van der Waals surface area contributed by atoms with Gasteiger partial charge in [-0.3, -0.25) is 14.4 Å². The monoisotopic (exact) mass is 346 g/mol. The number of phenols is 2. The third-order valence-electron chi connectivity index (χ3n) is 3.44. The first-order valence-corrected chi connectivity index (χ1v) is 7.67. The van der Waals surface area contributed by atoms with Crippen LogP contribution < -0.4 is 9.47 Å². The Morgan fingerprint density at radius 1 is 0.960 bits per heavy atom. The second-order valence-electron chi connectivity index (χ2n) is 5.46. The van der Waals surface area contributed by atoms with Crippen LogP contribution in [0.3, 0.4) is 0 Å². The number of fused-ring (bicyclic) bond motifs is 1.